The lowest BCUT2D eigenvalue weighted by molar-refractivity contribution is 0.587. The lowest BCUT2D eigenvalue weighted by Crippen LogP contribution is -2.10. The first-order chi connectivity index (χ1) is 16.1. The average Bonchev–Trinajstić information content (AvgIpc) is 2.81. The summed E-state index contributed by atoms with van der Waals surface area (Å²) in [5.41, 5.74) is 5.11. The van der Waals surface area contributed by atoms with Gasteiger partial charge in [-0.3, -0.25) is 9.97 Å². The van der Waals surface area contributed by atoms with Gasteiger partial charge in [-0.2, -0.15) is 5.26 Å². The van der Waals surface area contributed by atoms with Crippen LogP contribution in [0.5, 0.6) is 0 Å². The predicted octanol–water partition coefficient (Wildman–Crippen LogP) is 6.69. The van der Waals surface area contributed by atoms with Gasteiger partial charge in [-0.1, -0.05) is 23.7 Å². The number of anilines is 1. The first kappa shape index (κ1) is 23.9. The Kier molecular flexibility index (Phi) is 6.45. The Labute approximate surface area is 203 Å². The van der Waals surface area contributed by atoms with Crippen molar-refractivity contribution < 1.29 is 8.96 Å². The number of hydrogen-bond acceptors (Lipinski definition) is 5. The Morgan fingerprint density at radius 3 is 2.50 bits per heavy atom. The summed E-state index contributed by atoms with van der Waals surface area (Å²) >= 11 is 6.66. The number of pyridine rings is 2. The van der Waals surface area contributed by atoms with E-state index < -0.39 is 19.0 Å². The minimum Gasteiger partial charge on any atom is -0.377 e. The molecule has 1 unspecified atom stereocenters. The maximum Gasteiger partial charge on any atom is 0.128 e. The molecule has 4 rings (SSSR count). The van der Waals surface area contributed by atoms with Gasteiger partial charge < -0.3 is 9.88 Å². The van der Waals surface area contributed by atoms with E-state index in [1.165, 1.54) is 18.2 Å². The number of nitrogens with one attached hydrogen (secondary N) is 1. The summed E-state index contributed by atoms with van der Waals surface area (Å²) in [6, 6.07) is 15.4. The SMILES string of the molecule is Cc1nc2ccc(-c3ccc(P(C)(C)=O)nc3)cc2c(NC(C)c2cc(C#N)ccc2F)c1Cl. The Bertz CT molecular complexity index is 1490. The van der Waals surface area contributed by atoms with E-state index in [1.54, 1.807) is 25.6 Å². The van der Waals surface area contributed by atoms with E-state index in [2.05, 4.69) is 15.3 Å². The minimum atomic E-state index is -2.44. The molecule has 0 aliphatic rings. The van der Waals surface area contributed by atoms with E-state index in [0.29, 0.717) is 33.0 Å². The van der Waals surface area contributed by atoms with Crippen LogP contribution in [-0.4, -0.2) is 23.3 Å². The van der Waals surface area contributed by atoms with Crippen LogP contribution >= 0.6 is 18.7 Å². The summed E-state index contributed by atoms with van der Waals surface area (Å²) in [6.07, 6.45) is 1.71. The van der Waals surface area contributed by atoms with E-state index in [0.717, 1.165) is 22.0 Å². The van der Waals surface area contributed by atoms with E-state index in [1.807, 2.05) is 44.2 Å². The van der Waals surface area contributed by atoms with E-state index in [4.69, 9.17) is 11.6 Å². The molecule has 0 radical (unpaired) electrons. The zero-order chi connectivity index (χ0) is 24.6. The first-order valence-corrected chi connectivity index (χ1v) is 13.6. The zero-order valence-corrected chi connectivity index (χ0v) is 20.9. The van der Waals surface area contributed by atoms with Gasteiger partial charge in [-0.25, -0.2) is 4.39 Å². The van der Waals surface area contributed by atoms with Crippen LogP contribution in [0.3, 0.4) is 0 Å². The third-order valence-electron chi connectivity index (χ3n) is 5.68. The van der Waals surface area contributed by atoms with Crippen LogP contribution < -0.4 is 10.8 Å². The molecule has 4 aromatic rings. The number of halogens is 2. The molecule has 1 N–H and O–H groups in total. The molecule has 0 saturated heterocycles. The molecule has 0 amide bonds. The van der Waals surface area contributed by atoms with Gasteiger partial charge in [0.1, 0.15) is 13.0 Å². The van der Waals surface area contributed by atoms with Crippen LogP contribution in [0.25, 0.3) is 22.0 Å². The Hall–Kier alpha value is -3.26. The molecule has 0 fully saturated rings. The maximum absolute atomic E-state index is 14.5. The molecule has 0 bridgehead atoms. The number of rotatable bonds is 5. The monoisotopic (exact) mass is 492 g/mol. The molecule has 8 heteroatoms. The third kappa shape index (κ3) is 4.68. The van der Waals surface area contributed by atoms with Crippen molar-refractivity contribution in [3.63, 3.8) is 0 Å². The van der Waals surface area contributed by atoms with Crippen LogP contribution in [0.4, 0.5) is 10.1 Å². The summed E-state index contributed by atoms with van der Waals surface area (Å²) in [7, 11) is -2.44. The lowest BCUT2D eigenvalue weighted by atomic mass is 10.0. The minimum absolute atomic E-state index is 0.372. The second-order valence-corrected chi connectivity index (χ2v) is 12.1. The van der Waals surface area contributed by atoms with Gasteiger partial charge in [-0.05, 0) is 69.1 Å². The summed E-state index contributed by atoms with van der Waals surface area (Å²) in [6.45, 7) is 7.02. The predicted molar refractivity (Wildman–Crippen MR) is 137 cm³/mol. The normalized spacial score (nSPS) is 12.4. The van der Waals surface area contributed by atoms with Gasteiger partial charge in [0.05, 0.1) is 45.0 Å². The fourth-order valence-corrected chi connectivity index (χ4v) is 4.77. The van der Waals surface area contributed by atoms with Crippen LogP contribution in [0.2, 0.25) is 5.02 Å². The second kappa shape index (κ2) is 9.18. The number of benzene rings is 2. The van der Waals surface area contributed by atoms with Gasteiger partial charge in [0.15, 0.2) is 0 Å². The van der Waals surface area contributed by atoms with Gasteiger partial charge in [0.25, 0.3) is 0 Å². The number of hydrogen-bond donors (Lipinski definition) is 1. The number of nitrogens with zero attached hydrogens (tertiary/aromatic N) is 3. The molecule has 0 aliphatic carbocycles. The van der Waals surface area contributed by atoms with Gasteiger partial charge in [0.2, 0.25) is 0 Å². The summed E-state index contributed by atoms with van der Waals surface area (Å²) < 4.78 is 26.8. The second-order valence-electron chi connectivity index (χ2n) is 8.59. The number of nitriles is 1. The van der Waals surface area contributed by atoms with Crippen molar-refractivity contribution in [1.29, 1.82) is 5.26 Å². The average molecular weight is 493 g/mol. The molecular weight excluding hydrogens is 470 g/mol. The quantitative estimate of drug-likeness (QED) is 0.314. The molecule has 0 aliphatic heterocycles. The summed E-state index contributed by atoms with van der Waals surface area (Å²) in [5, 5.41) is 13.8. The first-order valence-electron chi connectivity index (χ1n) is 10.7. The highest BCUT2D eigenvalue weighted by Gasteiger charge is 2.18. The molecule has 1 atom stereocenters. The van der Waals surface area contributed by atoms with Gasteiger partial charge in [-0.15, -0.1) is 0 Å². The highest BCUT2D eigenvalue weighted by molar-refractivity contribution is 7.69. The Balaban J connectivity index is 1.79. The van der Waals surface area contributed by atoms with E-state index in [9.17, 15) is 14.2 Å². The largest absolute Gasteiger partial charge is 0.377 e. The molecule has 5 nitrogen and oxygen atoms in total. The van der Waals surface area contributed by atoms with Crippen LogP contribution in [-0.2, 0) is 4.57 Å². The number of fused-ring (bicyclic) bond motifs is 1. The molecule has 2 heterocycles. The van der Waals surface area contributed by atoms with Crippen molar-refractivity contribution in [2.45, 2.75) is 19.9 Å². The van der Waals surface area contributed by atoms with Gasteiger partial charge in [0, 0.05) is 22.7 Å². The summed E-state index contributed by atoms with van der Waals surface area (Å²) in [5.74, 6) is -0.402. The Morgan fingerprint density at radius 2 is 1.85 bits per heavy atom. The van der Waals surface area contributed by atoms with E-state index >= 15 is 0 Å². The van der Waals surface area contributed by atoms with Crippen molar-refractivity contribution >= 4 is 40.8 Å². The highest BCUT2D eigenvalue weighted by atomic mass is 35.5. The van der Waals surface area contributed by atoms with Crippen molar-refractivity contribution in [3.05, 3.63) is 82.4 Å². The Morgan fingerprint density at radius 1 is 1.12 bits per heavy atom. The molecule has 0 saturated carbocycles. The van der Waals surface area contributed by atoms with Crippen LogP contribution in [0, 0.1) is 24.1 Å². The number of aromatic nitrogens is 2. The van der Waals surface area contributed by atoms with Gasteiger partial charge >= 0.3 is 0 Å². The molecule has 34 heavy (non-hydrogen) atoms. The molecule has 2 aromatic heterocycles. The standard InChI is InChI=1S/C26H23ClFN4OP/c1-15(20-11-17(13-29)5-8-22(20)28)32-26-21-12-18(6-9-23(21)31-16(2)25(26)27)19-7-10-24(30-14-19)34(3,4)33/h5-12,14-15H,1-4H3,(H,31,32). The fourth-order valence-electron chi connectivity index (χ4n) is 3.80. The van der Waals surface area contributed by atoms with Crippen LogP contribution in [0.1, 0.15) is 29.8 Å². The van der Waals surface area contributed by atoms with Crippen molar-refractivity contribution in [2.75, 3.05) is 18.6 Å². The highest BCUT2D eigenvalue weighted by Crippen LogP contribution is 2.38. The molecule has 2 aromatic carbocycles. The number of aryl methyl sites for hydroxylation is 1. The smallest absolute Gasteiger partial charge is 0.128 e. The fraction of sp³-hybridized carbons (Fsp3) is 0.192. The molecular formula is C26H23ClFN4OP. The van der Waals surface area contributed by atoms with Crippen LogP contribution in [0.15, 0.2) is 54.7 Å². The topological polar surface area (TPSA) is 78.7 Å². The maximum atomic E-state index is 14.5. The van der Waals surface area contributed by atoms with Crippen molar-refractivity contribution in [1.82, 2.24) is 9.97 Å². The lowest BCUT2D eigenvalue weighted by Gasteiger charge is -2.20. The van der Waals surface area contributed by atoms with E-state index in [-0.39, 0.29) is 0 Å². The zero-order valence-electron chi connectivity index (χ0n) is 19.2. The summed E-state index contributed by atoms with van der Waals surface area (Å²) in [4.78, 5) is 8.99. The third-order valence-corrected chi connectivity index (χ3v) is 7.51. The molecule has 172 valence electrons. The van der Waals surface area contributed by atoms with Crippen molar-refractivity contribution in [3.8, 4) is 17.2 Å². The molecule has 0 spiro atoms. The van der Waals surface area contributed by atoms with Crippen molar-refractivity contribution in [2.24, 2.45) is 0 Å².